The monoisotopic (exact) mass is 233 g/mol. The number of benzene rings is 2. The Kier molecular flexibility index (Phi) is 2.82. The van der Waals surface area contributed by atoms with Crippen LogP contribution < -0.4 is 9.47 Å². The van der Waals surface area contributed by atoms with E-state index in [1.807, 2.05) is 0 Å². The maximum absolute atomic E-state index is 11.1. The van der Waals surface area contributed by atoms with Crippen molar-refractivity contribution in [1.29, 1.82) is 0 Å². The molecular weight excluding hydrogens is 222 g/mol. The van der Waals surface area contributed by atoms with E-state index < -0.39 is 4.92 Å². The maximum Gasteiger partial charge on any atom is 0.322 e. The van der Waals surface area contributed by atoms with Gasteiger partial charge < -0.3 is 9.47 Å². The lowest BCUT2D eigenvalue weighted by Crippen LogP contribution is -1.96. The summed E-state index contributed by atoms with van der Waals surface area (Å²) in [6.07, 6.45) is 0. The Morgan fingerprint density at radius 3 is 2.35 bits per heavy atom. The minimum atomic E-state index is -0.455. The van der Waals surface area contributed by atoms with Gasteiger partial charge in [0.15, 0.2) is 5.75 Å². The molecule has 0 radical (unpaired) electrons. The highest BCUT2D eigenvalue weighted by Crippen LogP contribution is 2.39. The van der Waals surface area contributed by atoms with Gasteiger partial charge in [0.1, 0.15) is 11.1 Å². The molecule has 0 heterocycles. The fourth-order valence-electron chi connectivity index (χ4n) is 1.82. The third-order valence-electron chi connectivity index (χ3n) is 2.57. The topological polar surface area (TPSA) is 61.6 Å². The minimum Gasteiger partial charge on any atom is -0.496 e. The molecule has 0 aliphatic rings. The second kappa shape index (κ2) is 4.29. The van der Waals surface area contributed by atoms with Crippen molar-refractivity contribution in [2.75, 3.05) is 14.2 Å². The molecule has 0 bridgehead atoms. The largest absolute Gasteiger partial charge is 0.496 e. The van der Waals surface area contributed by atoms with Gasteiger partial charge in [0.2, 0.25) is 0 Å². The molecule has 0 amide bonds. The van der Waals surface area contributed by atoms with Gasteiger partial charge in [-0.05, 0) is 17.5 Å². The Morgan fingerprint density at radius 1 is 1.06 bits per heavy atom. The van der Waals surface area contributed by atoms with E-state index in [9.17, 15) is 10.1 Å². The number of nitro benzene ring substituents is 1. The second-order valence-electron chi connectivity index (χ2n) is 3.43. The first kappa shape index (κ1) is 11.2. The molecule has 88 valence electrons. The van der Waals surface area contributed by atoms with Crippen molar-refractivity contribution in [2.45, 2.75) is 0 Å². The molecule has 0 aromatic heterocycles. The molecule has 0 saturated heterocycles. The van der Waals surface area contributed by atoms with Gasteiger partial charge in [-0.25, -0.2) is 0 Å². The Balaban J connectivity index is 2.91. The predicted octanol–water partition coefficient (Wildman–Crippen LogP) is 2.77. The molecule has 0 spiro atoms. The van der Waals surface area contributed by atoms with Gasteiger partial charge >= 0.3 is 5.69 Å². The zero-order valence-electron chi connectivity index (χ0n) is 9.47. The van der Waals surface area contributed by atoms with Crippen molar-refractivity contribution in [1.82, 2.24) is 0 Å². The molecule has 2 aromatic carbocycles. The molecule has 0 fully saturated rings. The summed E-state index contributed by atoms with van der Waals surface area (Å²) in [4.78, 5) is 10.7. The van der Waals surface area contributed by atoms with Crippen LogP contribution in [0.25, 0.3) is 10.8 Å². The molecule has 0 unspecified atom stereocenters. The molecular formula is C12H11NO4. The maximum atomic E-state index is 11.1. The molecule has 2 rings (SSSR count). The van der Waals surface area contributed by atoms with Crippen molar-refractivity contribution in [3.8, 4) is 11.5 Å². The third kappa shape index (κ3) is 1.75. The van der Waals surface area contributed by atoms with Gasteiger partial charge in [-0.1, -0.05) is 18.2 Å². The summed E-state index contributed by atoms with van der Waals surface area (Å²) in [6, 6.07) is 8.63. The average molecular weight is 233 g/mol. The van der Waals surface area contributed by atoms with Crippen molar-refractivity contribution < 1.29 is 14.4 Å². The van der Waals surface area contributed by atoms with Crippen LogP contribution in [-0.4, -0.2) is 19.1 Å². The first-order chi connectivity index (χ1) is 8.19. The van der Waals surface area contributed by atoms with Crippen molar-refractivity contribution in [3.05, 3.63) is 40.4 Å². The van der Waals surface area contributed by atoms with E-state index in [4.69, 9.17) is 9.47 Å². The van der Waals surface area contributed by atoms with Gasteiger partial charge in [-0.3, -0.25) is 10.1 Å². The molecule has 5 nitrogen and oxygen atoms in total. The standard InChI is InChI=1S/C12H11NO4/c1-16-9-5-3-4-8-6-7-10(17-2)12(11(8)9)13(14)15/h3-7H,1-2H3. The summed E-state index contributed by atoms with van der Waals surface area (Å²) >= 11 is 0. The van der Waals surface area contributed by atoms with Crippen LogP contribution in [-0.2, 0) is 0 Å². The molecule has 2 aromatic rings. The number of methoxy groups -OCH3 is 2. The van der Waals surface area contributed by atoms with Gasteiger partial charge in [0.25, 0.3) is 0 Å². The Labute approximate surface area is 97.7 Å². The first-order valence-corrected chi connectivity index (χ1v) is 4.97. The molecule has 0 atom stereocenters. The molecule has 17 heavy (non-hydrogen) atoms. The van der Waals surface area contributed by atoms with E-state index in [-0.39, 0.29) is 11.4 Å². The Bertz CT molecular complexity index is 580. The second-order valence-corrected chi connectivity index (χ2v) is 3.43. The fraction of sp³-hybridized carbons (Fsp3) is 0.167. The number of hydrogen-bond donors (Lipinski definition) is 0. The van der Waals surface area contributed by atoms with Gasteiger partial charge in [-0.2, -0.15) is 0 Å². The highest BCUT2D eigenvalue weighted by atomic mass is 16.6. The SMILES string of the molecule is COc1ccc2cccc(OC)c2c1[N+](=O)[O-]. The molecule has 0 aliphatic heterocycles. The molecule has 0 N–H and O–H groups in total. The normalized spacial score (nSPS) is 10.2. The van der Waals surface area contributed by atoms with Crippen LogP contribution in [0.2, 0.25) is 0 Å². The summed E-state index contributed by atoms with van der Waals surface area (Å²) in [5.74, 6) is 0.695. The Hall–Kier alpha value is -2.30. The highest BCUT2D eigenvalue weighted by molar-refractivity contribution is 5.98. The van der Waals surface area contributed by atoms with E-state index in [0.717, 1.165) is 5.39 Å². The number of rotatable bonds is 3. The van der Waals surface area contributed by atoms with E-state index in [1.54, 1.807) is 30.3 Å². The summed E-state index contributed by atoms with van der Waals surface area (Å²) < 4.78 is 10.2. The lowest BCUT2D eigenvalue weighted by molar-refractivity contribution is -0.384. The van der Waals surface area contributed by atoms with Crippen molar-refractivity contribution in [2.24, 2.45) is 0 Å². The number of nitrogens with zero attached hydrogens (tertiary/aromatic N) is 1. The van der Waals surface area contributed by atoms with Crippen molar-refractivity contribution >= 4 is 16.5 Å². The molecule has 0 saturated carbocycles. The van der Waals surface area contributed by atoms with Crippen LogP contribution in [0.15, 0.2) is 30.3 Å². The van der Waals surface area contributed by atoms with Crippen LogP contribution >= 0.6 is 0 Å². The van der Waals surface area contributed by atoms with Crippen LogP contribution in [0.4, 0.5) is 5.69 Å². The number of nitro groups is 1. The summed E-state index contributed by atoms with van der Waals surface area (Å²) in [6.45, 7) is 0. The summed E-state index contributed by atoms with van der Waals surface area (Å²) in [5.41, 5.74) is -0.0672. The zero-order valence-corrected chi connectivity index (χ0v) is 9.47. The van der Waals surface area contributed by atoms with Gasteiger partial charge in [-0.15, -0.1) is 0 Å². The lowest BCUT2D eigenvalue weighted by atomic mass is 10.1. The quantitative estimate of drug-likeness (QED) is 0.604. The van der Waals surface area contributed by atoms with Crippen LogP contribution in [0.1, 0.15) is 0 Å². The van der Waals surface area contributed by atoms with Gasteiger partial charge in [0, 0.05) is 0 Å². The lowest BCUT2D eigenvalue weighted by Gasteiger charge is -2.08. The number of ether oxygens (including phenoxy) is 2. The summed E-state index contributed by atoms with van der Waals surface area (Å²) in [7, 11) is 2.89. The van der Waals surface area contributed by atoms with E-state index in [1.165, 1.54) is 14.2 Å². The zero-order chi connectivity index (χ0) is 12.4. The van der Waals surface area contributed by atoms with Crippen molar-refractivity contribution in [3.63, 3.8) is 0 Å². The smallest absolute Gasteiger partial charge is 0.322 e. The van der Waals surface area contributed by atoms with Crippen LogP contribution in [0.5, 0.6) is 11.5 Å². The predicted molar refractivity (Wildman–Crippen MR) is 63.7 cm³/mol. The first-order valence-electron chi connectivity index (χ1n) is 4.97. The van der Waals surface area contributed by atoms with Crippen LogP contribution in [0, 0.1) is 10.1 Å². The molecule has 5 heteroatoms. The third-order valence-corrected chi connectivity index (χ3v) is 2.57. The fourth-order valence-corrected chi connectivity index (χ4v) is 1.82. The van der Waals surface area contributed by atoms with Gasteiger partial charge in [0.05, 0.1) is 19.1 Å². The van der Waals surface area contributed by atoms with Crippen LogP contribution in [0.3, 0.4) is 0 Å². The van der Waals surface area contributed by atoms with E-state index in [0.29, 0.717) is 11.1 Å². The highest BCUT2D eigenvalue weighted by Gasteiger charge is 2.22. The van der Waals surface area contributed by atoms with E-state index >= 15 is 0 Å². The molecule has 0 aliphatic carbocycles. The summed E-state index contributed by atoms with van der Waals surface area (Å²) in [5, 5.41) is 12.3. The van der Waals surface area contributed by atoms with E-state index in [2.05, 4.69) is 0 Å². The average Bonchev–Trinajstić information content (AvgIpc) is 2.36. The Morgan fingerprint density at radius 2 is 1.76 bits per heavy atom. The number of hydrogen-bond acceptors (Lipinski definition) is 4. The minimum absolute atomic E-state index is 0.0672. The number of fused-ring (bicyclic) bond motifs is 1.